The van der Waals surface area contributed by atoms with E-state index in [1.54, 1.807) is 44.4 Å². The lowest BCUT2D eigenvalue weighted by molar-refractivity contribution is -0.147. The second kappa shape index (κ2) is 13.5. The van der Waals surface area contributed by atoms with E-state index in [-0.39, 0.29) is 29.5 Å². The molecule has 10 heteroatoms. The van der Waals surface area contributed by atoms with Crippen LogP contribution in [0, 0.1) is 13.8 Å². The number of hydrogen-bond acceptors (Lipinski definition) is 7. The number of carbonyl (C=O) groups is 3. The van der Waals surface area contributed by atoms with Crippen molar-refractivity contribution >= 4 is 29.5 Å². The van der Waals surface area contributed by atoms with Crippen LogP contribution in [-0.4, -0.2) is 68.8 Å². The minimum Gasteiger partial charge on any atom is -0.508 e. The fraction of sp³-hybridized carbons (Fsp3) is 0.364. The molecule has 3 aromatic carbocycles. The van der Waals surface area contributed by atoms with Gasteiger partial charge >= 0.3 is 0 Å². The fourth-order valence-corrected chi connectivity index (χ4v) is 6.39. The summed E-state index contributed by atoms with van der Waals surface area (Å²) in [5, 5.41) is 27.5. The number of aryl methyl sites for hydroxylation is 1. The maximum atomic E-state index is 13.9. The Morgan fingerprint density at radius 3 is 2.51 bits per heavy atom. The summed E-state index contributed by atoms with van der Waals surface area (Å²) < 4.78 is 4.71. The minimum atomic E-state index is -1.66. The van der Waals surface area contributed by atoms with Crippen molar-refractivity contribution in [2.75, 3.05) is 13.0 Å². The largest absolute Gasteiger partial charge is 0.508 e. The number of rotatable bonds is 10. The van der Waals surface area contributed by atoms with Gasteiger partial charge in [0.05, 0.1) is 19.0 Å². The van der Waals surface area contributed by atoms with Gasteiger partial charge in [0.2, 0.25) is 5.91 Å². The van der Waals surface area contributed by atoms with Crippen LogP contribution in [0.1, 0.15) is 46.5 Å². The standard InChI is InChI=1S/C33H39N3O6S/c1-20-10-6-7-12-23(20)18-34-31(40)29-33(3,4)43-19-36(29)32(41)28(38)26(17-22-11-8-13-24(16-22)42-5)35-30(39)25-14-9-15-27(37)21(25)2/h6-16,26,28-29,37-38H,17-19H2,1-5H3,(H,34,40)(H,35,39)/t26-,28-,29+/m0/s1. The lowest BCUT2D eigenvalue weighted by Gasteiger charge is -2.33. The Morgan fingerprint density at radius 2 is 1.79 bits per heavy atom. The predicted octanol–water partition coefficient (Wildman–Crippen LogP) is 3.72. The molecule has 0 bridgehead atoms. The number of phenols is 1. The summed E-state index contributed by atoms with van der Waals surface area (Å²) in [6.45, 7) is 7.70. The highest BCUT2D eigenvalue weighted by molar-refractivity contribution is 8.00. The van der Waals surface area contributed by atoms with Crippen molar-refractivity contribution in [3.8, 4) is 11.5 Å². The quantitative estimate of drug-likeness (QED) is 0.277. The molecule has 3 aromatic rings. The Kier molecular flexibility index (Phi) is 10.0. The maximum absolute atomic E-state index is 13.9. The summed E-state index contributed by atoms with van der Waals surface area (Å²) in [5.41, 5.74) is 3.35. The molecular weight excluding hydrogens is 566 g/mol. The smallest absolute Gasteiger partial charge is 0.254 e. The van der Waals surface area contributed by atoms with Gasteiger partial charge in [0.15, 0.2) is 6.10 Å². The number of aliphatic hydroxyl groups is 1. The normalized spacial score (nSPS) is 17.2. The highest BCUT2D eigenvalue weighted by Gasteiger charge is 2.49. The van der Waals surface area contributed by atoms with Gasteiger partial charge in [0.25, 0.3) is 11.8 Å². The lowest BCUT2D eigenvalue weighted by Crippen LogP contribution is -2.58. The van der Waals surface area contributed by atoms with E-state index < -0.39 is 34.7 Å². The summed E-state index contributed by atoms with van der Waals surface area (Å²) in [6.07, 6.45) is -1.55. The van der Waals surface area contributed by atoms with Crippen molar-refractivity contribution in [1.29, 1.82) is 0 Å². The summed E-state index contributed by atoms with van der Waals surface area (Å²) in [4.78, 5) is 42.2. The van der Waals surface area contributed by atoms with Gasteiger partial charge in [0, 0.05) is 22.4 Å². The average molecular weight is 606 g/mol. The SMILES string of the molecule is COc1cccc(C[C@H](NC(=O)c2cccc(O)c2C)[C@H](O)C(=O)N2CSC(C)(C)[C@H]2C(=O)NCc2ccccc2C)c1. The van der Waals surface area contributed by atoms with Gasteiger partial charge in [-0.15, -0.1) is 11.8 Å². The third kappa shape index (κ3) is 7.32. The molecular formula is C33H39N3O6S. The van der Waals surface area contributed by atoms with Crippen molar-refractivity contribution in [3.05, 3.63) is 94.5 Å². The molecule has 4 N–H and O–H groups in total. The van der Waals surface area contributed by atoms with Crippen LogP contribution in [0.25, 0.3) is 0 Å². The molecule has 1 saturated heterocycles. The van der Waals surface area contributed by atoms with E-state index in [0.29, 0.717) is 17.9 Å². The molecule has 1 aliphatic rings. The van der Waals surface area contributed by atoms with Crippen molar-refractivity contribution in [2.24, 2.45) is 0 Å². The van der Waals surface area contributed by atoms with E-state index in [1.165, 1.54) is 22.7 Å². The molecule has 1 fully saturated rings. The highest BCUT2D eigenvalue weighted by atomic mass is 32.2. The van der Waals surface area contributed by atoms with Crippen LogP contribution in [-0.2, 0) is 22.6 Å². The van der Waals surface area contributed by atoms with Crippen LogP contribution >= 0.6 is 11.8 Å². The summed E-state index contributed by atoms with van der Waals surface area (Å²) in [5.74, 6) is -0.759. The van der Waals surface area contributed by atoms with Crippen LogP contribution in [0.15, 0.2) is 66.7 Å². The monoisotopic (exact) mass is 605 g/mol. The van der Waals surface area contributed by atoms with Crippen molar-refractivity contribution in [2.45, 2.75) is 63.6 Å². The molecule has 0 saturated carbocycles. The molecule has 1 aliphatic heterocycles. The fourth-order valence-electron chi connectivity index (χ4n) is 5.25. The number of aromatic hydroxyl groups is 1. The number of hydrogen-bond donors (Lipinski definition) is 4. The summed E-state index contributed by atoms with van der Waals surface area (Å²) >= 11 is 1.45. The second-order valence-corrected chi connectivity index (χ2v) is 12.9. The Bertz CT molecular complexity index is 1490. The number of ether oxygens (including phenoxy) is 1. The predicted molar refractivity (Wildman–Crippen MR) is 167 cm³/mol. The first-order valence-corrected chi connectivity index (χ1v) is 15.1. The average Bonchev–Trinajstić information content (AvgIpc) is 3.31. The van der Waals surface area contributed by atoms with Crippen LogP contribution in [0.5, 0.6) is 11.5 Å². The summed E-state index contributed by atoms with van der Waals surface area (Å²) in [7, 11) is 1.54. The van der Waals surface area contributed by atoms with Crippen LogP contribution in [0.2, 0.25) is 0 Å². The second-order valence-electron chi connectivity index (χ2n) is 11.3. The lowest BCUT2D eigenvalue weighted by atomic mass is 9.96. The first-order chi connectivity index (χ1) is 20.4. The number of aliphatic hydroxyl groups excluding tert-OH is 1. The molecule has 9 nitrogen and oxygen atoms in total. The topological polar surface area (TPSA) is 128 Å². The maximum Gasteiger partial charge on any atom is 0.254 e. The van der Waals surface area contributed by atoms with Gasteiger partial charge in [-0.05, 0) is 75.1 Å². The highest BCUT2D eigenvalue weighted by Crippen LogP contribution is 2.40. The molecule has 0 unspecified atom stereocenters. The van der Waals surface area contributed by atoms with Crippen molar-refractivity contribution in [3.63, 3.8) is 0 Å². The number of nitrogens with zero attached hydrogens (tertiary/aromatic N) is 1. The molecule has 4 rings (SSSR count). The number of amides is 3. The first kappa shape index (κ1) is 31.9. The summed E-state index contributed by atoms with van der Waals surface area (Å²) in [6, 6.07) is 17.6. The number of phenolic OH excluding ortho intramolecular Hbond substituents is 1. The molecule has 43 heavy (non-hydrogen) atoms. The van der Waals surface area contributed by atoms with E-state index in [2.05, 4.69) is 10.6 Å². The zero-order chi connectivity index (χ0) is 31.3. The molecule has 3 atom stereocenters. The first-order valence-electron chi connectivity index (χ1n) is 14.1. The van der Waals surface area contributed by atoms with Crippen LogP contribution in [0.3, 0.4) is 0 Å². The Balaban J connectivity index is 1.59. The molecule has 0 aliphatic carbocycles. The number of thioether (sulfide) groups is 1. The Labute approximate surface area is 256 Å². The number of methoxy groups -OCH3 is 1. The van der Waals surface area contributed by atoms with E-state index in [4.69, 9.17) is 4.74 Å². The van der Waals surface area contributed by atoms with Gasteiger partial charge < -0.3 is 30.5 Å². The van der Waals surface area contributed by atoms with E-state index >= 15 is 0 Å². The van der Waals surface area contributed by atoms with Gasteiger partial charge in [-0.1, -0.05) is 42.5 Å². The van der Waals surface area contributed by atoms with Gasteiger partial charge in [-0.25, -0.2) is 0 Å². The zero-order valence-corrected chi connectivity index (χ0v) is 25.9. The number of carbonyl (C=O) groups excluding carboxylic acids is 3. The Hall–Kier alpha value is -4.02. The van der Waals surface area contributed by atoms with Crippen LogP contribution < -0.4 is 15.4 Å². The molecule has 3 amide bonds. The zero-order valence-electron chi connectivity index (χ0n) is 25.1. The van der Waals surface area contributed by atoms with Gasteiger partial charge in [-0.2, -0.15) is 0 Å². The molecule has 228 valence electrons. The molecule has 0 spiro atoms. The number of nitrogens with one attached hydrogen (secondary N) is 2. The molecule has 1 heterocycles. The minimum absolute atomic E-state index is 0.0375. The van der Waals surface area contributed by atoms with E-state index in [9.17, 15) is 24.6 Å². The third-order valence-corrected chi connectivity index (χ3v) is 9.26. The molecule has 0 radical (unpaired) electrons. The van der Waals surface area contributed by atoms with Crippen LogP contribution in [0.4, 0.5) is 0 Å². The Morgan fingerprint density at radius 1 is 1.07 bits per heavy atom. The van der Waals surface area contributed by atoms with E-state index in [1.807, 2.05) is 51.1 Å². The van der Waals surface area contributed by atoms with Gasteiger partial charge in [0.1, 0.15) is 17.5 Å². The molecule has 0 aromatic heterocycles. The third-order valence-electron chi connectivity index (χ3n) is 7.88. The number of benzene rings is 3. The van der Waals surface area contributed by atoms with Crippen molar-refractivity contribution < 1.29 is 29.3 Å². The van der Waals surface area contributed by atoms with Crippen molar-refractivity contribution in [1.82, 2.24) is 15.5 Å². The van der Waals surface area contributed by atoms with E-state index in [0.717, 1.165) is 16.7 Å². The van der Waals surface area contributed by atoms with Gasteiger partial charge in [-0.3, -0.25) is 14.4 Å².